The summed E-state index contributed by atoms with van der Waals surface area (Å²) in [6.45, 7) is 1.70. The first-order valence-electron chi connectivity index (χ1n) is 5.72. The van der Waals surface area contributed by atoms with Crippen molar-refractivity contribution in [3.05, 3.63) is 53.5 Å². The number of furan rings is 1. The van der Waals surface area contributed by atoms with E-state index in [1.807, 2.05) is 0 Å². The van der Waals surface area contributed by atoms with E-state index in [0.717, 1.165) is 0 Å². The molecule has 0 saturated carbocycles. The molecule has 1 aromatic carbocycles. The van der Waals surface area contributed by atoms with E-state index < -0.39 is 5.97 Å². The molecule has 1 aromatic heterocycles. The summed E-state index contributed by atoms with van der Waals surface area (Å²) < 4.78 is 5.06. The highest BCUT2D eigenvalue weighted by Crippen LogP contribution is 2.15. The Hall–Kier alpha value is -2.56. The lowest BCUT2D eigenvalue weighted by Crippen LogP contribution is -2.12. The van der Waals surface area contributed by atoms with Crippen molar-refractivity contribution in [2.45, 2.75) is 13.3 Å². The smallest absolute Gasteiger partial charge is 0.307 e. The summed E-state index contributed by atoms with van der Waals surface area (Å²) in [7, 11) is 0. The number of amides is 1. The van der Waals surface area contributed by atoms with Crippen LogP contribution in [0.15, 0.2) is 41.0 Å². The molecular formula is C14H13NO4. The van der Waals surface area contributed by atoms with Crippen LogP contribution in [0.2, 0.25) is 0 Å². The Balaban J connectivity index is 2.13. The van der Waals surface area contributed by atoms with Gasteiger partial charge < -0.3 is 14.8 Å². The van der Waals surface area contributed by atoms with Crippen LogP contribution in [-0.4, -0.2) is 17.0 Å². The molecule has 0 aliphatic carbocycles. The minimum Gasteiger partial charge on any atom is -0.481 e. The Labute approximate surface area is 109 Å². The van der Waals surface area contributed by atoms with Crippen molar-refractivity contribution in [3.8, 4) is 0 Å². The fourth-order valence-electron chi connectivity index (χ4n) is 1.75. The Morgan fingerprint density at radius 2 is 2.11 bits per heavy atom. The number of hydrogen-bond donors (Lipinski definition) is 2. The topological polar surface area (TPSA) is 79.5 Å². The first-order valence-corrected chi connectivity index (χ1v) is 5.72. The maximum absolute atomic E-state index is 11.9. The zero-order valence-corrected chi connectivity index (χ0v) is 10.3. The third-order valence-electron chi connectivity index (χ3n) is 2.64. The molecule has 0 radical (unpaired) electrons. The molecule has 0 bridgehead atoms. The summed E-state index contributed by atoms with van der Waals surface area (Å²) in [5.41, 5.74) is 1.65. The average Bonchev–Trinajstić information content (AvgIpc) is 2.75. The van der Waals surface area contributed by atoms with Crippen LogP contribution in [0.25, 0.3) is 0 Å². The standard InChI is InChI=1S/C14H13NO4/c1-9-12(5-6-19-9)14(18)15-11-4-2-3-10(7-11)8-13(16)17/h2-7H,8H2,1H3,(H,15,18)(H,16,17). The lowest BCUT2D eigenvalue weighted by atomic mass is 10.1. The number of anilines is 1. The number of benzene rings is 1. The highest BCUT2D eigenvalue weighted by Gasteiger charge is 2.11. The van der Waals surface area contributed by atoms with Gasteiger partial charge in [-0.15, -0.1) is 0 Å². The van der Waals surface area contributed by atoms with E-state index in [-0.39, 0.29) is 12.3 Å². The highest BCUT2D eigenvalue weighted by atomic mass is 16.4. The van der Waals surface area contributed by atoms with Crippen molar-refractivity contribution in [1.29, 1.82) is 0 Å². The summed E-state index contributed by atoms with van der Waals surface area (Å²) in [5.74, 6) is -0.646. The van der Waals surface area contributed by atoms with E-state index in [1.165, 1.54) is 6.26 Å². The molecule has 2 aromatic rings. The lowest BCUT2D eigenvalue weighted by Gasteiger charge is -2.06. The van der Waals surface area contributed by atoms with E-state index in [0.29, 0.717) is 22.6 Å². The molecule has 0 spiro atoms. The van der Waals surface area contributed by atoms with Gasteiger partial charge in [0.1, 0.15) is 5.76 Å². The van der Waals surface area contributed by atoms with Gasteiger partial charge in [0.15, 0.2) is 0 Å². The van der Waals surface area contributed by atoms with Gasteiger partial charge in [0.25, 0.3) is 5.91 Å². The molecule has 0 aliphatic heterocycles. The molecule has 2 N–H and O–H groups in total. The van der Waals surface area contributed by atoms with E-state index in [9.17, 15) is 9.59 Å². The molecule has 0 atom stereocenters. The minimum absolute atomic E-state index is 0.0750. The molecule has 0 fully saturated rings. The first kappa shape index (κ1) is 12.9. The number of carbonyl (C=O) groups is 2. The molecule has 0 saturated heterocycles. The van der Waals surface area contributed by atoms with Crippen LogP contribution < -0.4 is 5.32 Å². The summed E-state index contributed by atoms with van der Waals surface area (Å²) in [6, 6.07) is 8.34. The fraction of sp³-hybridized carbons (Fsp3) is 0.143. The SMILES string of the molecule is Cc1occc1C(=O)Nc1cccc(CC(=O)O)c1. The Bertz CT molecular complexity index is 615. The minimum atomic E-state index is -0.908. The molecular weight excluding hydrogens is 246 g/mol. The third-order valence-corrected chi connectivity index (χ3v) is 2.64. The molecule has 1 amide bonds. The van der Waals surface area contributed by atoms with Gasteiger partial charge in [-0.1, -0.05) is 12.1 Å². The van der Waals surface area contributed by atoms with Crippen LogP contribution in [0, 0.1) is 6.92 Å². The van der Waals surface area contributed by atoms with Crippen molar-refractivity contribution in [2.24, 2.45) is 0 Å². The number of rotatable bonds is 4. The summed E-state index contributed by atoms with van der Waals surface area (Å²) in [5, 5.41) is 11.4. The second-order valence-corrected chi connectivity index (χ2v) is 4.12. The van der Waals surface area contributed by atoms with Crippen LogP contribution in [0.3, 0.4) is 0 Å². The molecule has 0 unspecified atom stereocenters. The zero-order chi connectivity index (χ0) is 13.8. The van der Waals surface area contributed by atoms with E-state index in [4.69, 9.17) is 9.52 Å². The van der Waals surface area contributed by atoms with Crippen molar-refractivity contribution >= 4 is 17.6 Å². The molecule has 2 rings (SSSR count). The second-order valence-electron chi connectivity index (χ2n) is 4.12. The van der Waals surface area contributed by atoms with Gasteiger partial charge in [-0.3, -0.25) is 9.59 Å². The van der Waals surface area contributed by atoms with Crippen LogP contribution in [0.4, 0.5) is 5.69 Å². The molecule has 98 valence electrons. The summed E-state index contributed by atoms with van der Waals surface area (Å²) in [6.07, 6.45) is 1.37. The van der Waals surface area contributed by atoms with Crippen LogP contribution in [0.5, 0.6) is 0 Å². The van der Waals surface area contributed by atoms with Gasteiger partial charge >= 0.3 is 5.97 Å². The maximum Gasteiger partial charge on any atom is 0.307 e. The molecule has 19 heavy (non-hydrogen) atoms. The number of carboxylic acids is 1. The third kappa shape index (κ3) is 3.22. The van der Waals surface area contributed by atoms with Gasteiger partial charge in [0.2, 0.25) is 0 Å². The van der Waals surface area contributed by atoms with Gasteiger partial charge in [0.05, 0.1) is 18.2 Å². The largest absolute Gasteiger partial charge is 0.481 e. The highest BCUT2D eigenvalue weighted by molar-refractivity contribution is 6.04. The van der Waals surface area contributed by atoms with Crippen LogP contribution in [0.1, 0.15) is 21.7 Å². The van der Waals surface area contributed by atoms with Crippen molar-refractivity contribution in [3.63, 3.8) is 0 Å². The second kappa shape index (κ2) is 5.39. The Morgan fingerprint density at radius 1 is 1.32 bits per heavy atom. The number of nitrogens with one attached hydrogen (secondary N) is 1. The first-order chi connectivity index (χ1) is 9.06. The molecule has 1 heterocycles. The van der Waals surface area contributed by atoms with Crippen LogP contribution in [-0.2, 0) is 11.2 Å². The van der Waals surface area contributed by atoms with E-state index in [2.05, 4.69) is 5.32 Å². The predicted molar refractivity (Wildman–Crippen MR) is 69.2 cm³/mol. The quantitative estimate of drug-likeness (QED) is 0.883. The number of aryl methyl sites for hydroxylation is 1. The molecule has 5 nitrogen and oxygen atoms in total. The number of carboxylic acid groups (broad SMARTS) is 1. The summed E-state index contributed by atoms with van der Waals surface area (Å²) >= 11 is 0. The van der Waals surface area contributed by atoms with Gasteiger partial charge in [-0.25, -0.2) is 0 Å². The monoisotopic (exact) mass is 259 g/mol. The van der Waals surface area contributed by atoms with Crippen molar-refractivity contribution in [1.82, 2.24) is 0 Å². The number of hydrogen-bond acceptors (Lipinski definition) is 3. The lowest BCUT2D eigenvalue weighted by molar-refractivity contribution is -0.136. The van der Waals surface area contributed by atoms with Crippen LogP contribution >= 0.6 is 0 Å². The Morgan fingerprint density at radius 3 is 2.74 bits per heavy atom. The van der Waals surface area contributed by atoms with E-state index >= 15 is 0 Å². The number of carbonyl (C=O) groups excluding carboxylic acids is 1. The average molecular weight is 259 g/mol. The van der Waals surface area contributed by atoms with Crippen molar-refractivity contribution in [2.75, 3.05) is 5.32 Å². The molecule has 0 aliphatic rings. The zero-order valence-electron chi connectivity index (χ0n) is 10.3. The fourth-order valence-corrected chi connectivity index (χ4v) is 1.75. The number of aliphatic carboxylic acids is 1. The van der Waals surface area contributed by atoms with Crippen molar-refractivity contribution < 1.29 is 19.1 Å². The normalized spacial score (nSPS) is 10.2. The van der Waals surface area contributed by atoms with Gasteiger partial charge in [-0.05, 0) is 30.7 Å². The van der Waals surface area contributed by atoms with Gasteiger partial charge in [-0.2, -0.15) is 0 Å². The van der Waals surface area contributed by atoms with E-state index in [1.54, 1.807) is 37.3 Å². The molecule has 5 heteroatoms. The Kier molecular flexibility index (Phi) is 3.66. The summed E-state index contributed by atoms with van der Waals surface area (Å²) in [4.78, 5) is 22.6. The maximum atomic E-state index is 11.9. The predicted octanol–water partition coefficient (Wildman–Crippen LogP) is 2.47. The van der Waals surface area contributed by atoms with Gasteiger partial charge in [0, 0.05) is 5.69 Å².